The molecule has 0 aliphatic heterocycles. The highest BCUT2D eigenvalue weighted by Gasteiger charge is 2.15. The number of hydrogen-bond donors (Lipinski definition) is 1. The lowest BCUT2D eigenvalue weighted by Gasteiger charge is -2.18. The third-order valence-electron chi connectivity index (χ3n) is 6.01. The van der Waals surface area contributed by atoms with Crippen LogP contribution in [-0.4, -0.2) is 44.0 Å². The minimum absolute atomic E-state index is 0.0758. The van der Waals surface area contributed by atoms with Gasteiger partial charge in [-0.2, -0.15) is 0 Å². The standard InChI is InChI=1S/C19H23NO3.C11H8BrNO.C8H14O2/c1-13(21)15-8-9-17-16(11-15)10-14(12-20-17)6-5-7-18(22)23-19(2,3)4;1-7(14)8-2-3-11-9(4-8)5-10(12)6-13-11;1-5-6-7(9)10-8(2,3)4/h5-6,8-13,21H,7H2,1-4H3;2-6H,1H3;5H,1,6H2,2-4H3/b6-5+;;/t13-;;/m1../s1. The Morgan fingerprint density at radius 3 is 1.96 bits per heavy atom. The smallest absolute Gasteiger partial charge is 0.310 e. The molecule has 0 radical (unpaired) electrons. The molecule has 2 aromatic heterocycles. The molecule has 1 N–H and O–H groups in total. The Hall–Kier alpha value is -4.21. The molecule has 0 aliphatic carbocycles. The molecule has 2 heterocycles. The van der Waals surface area contributed by atoms with Crippen molar-refractivity contribution in [3.8, 4) is 0 Å². The third kappa shape index (κ3) is 14.8. The van der Waals surface area contributed by atoms with Crippen LogP contribution in [0.5, 0.6) is 0 Å². The fraction of sp³-hybridized carbons (Fsp3) is 0.342. The quantitative estimate of drug-likeness (QED) is 0.115. The molecule has 0 saturated heterocycles. The van der Waals surface area contributed by atoms with E-state index in [9.17, 15) is 19.5 Å². The molecule has 0 spiro atoms. The first-order valence-electron chi connectivity index (χ1n) is 15.2. The van der Waals surface area contributed by atoms with Crippen molar-refractivity contribution < 1.29 is 29.0 Å². The molecular weight excluding hydrogens is 660 g/mol. The molecule has 9 heteroatoms. The zero-order chi connectivity index (χ0) is 35.4. The number of ether oxygens (including phenoxy) is 2. The van der Waals surface area contributed by atoms with E-state index in [2.05, 4.69) is 32.5 Å². The van der Waals surface area contributed by atoms with Gasteiger partial charge in [-0.1, -0.05) is 24.3 Å². The topological polar surface area (TPSA) is 116 Å². The maximum Gasteiger partial charge on any atom is 0.310 e. The minimum atomic E-state index is -0.509. The van der Waals surface area contributed by atoms with Gasteiger partial charge in [0.25, 0.3) is 0 Å². The number of aliphatic hydroxyl groups is 1. The molecule has 0 saturated carbocycles. The number of carbonyl (C=O) groups excluding carboxylic acids is 3. The molecule has 1 atom stereocenters. The van der Waals surface area contributed by atoms with Gasteiger partial charge in [-0.3, -0.25) is 24.4 Å². The second-order valence-corrected chi connectivity index (χ2v) is 13.7. The molecule has 4 rings (SSSR count). The maximum atomic E-state index is 11.7. The average molecular weight is 706 g/mol. The van der Waals surface area contributed by atoms with E-state index in [4.69, 9.17) is 9.47 Å². The summed E-state index contributed by atoms with van der Waals surface area (Å²) in [5.74, 6) is -0.395. The number of carbonyl (C=O) groups is 3. The Labute approximate surface area is 286 Å². The molecule has 47 heavy (non-hydrogen) atoms. The van der Waals surface area contributed by atoms with Crippen LogP contribution in [0.2, 0.25) is 0 Å². The van der Waals surface area contributed by atoms with Gasteiger partial charge in [0.1, 0.15) is 11.2 Å². The Bertz CT molecular complexity index is 1730. The number of fused-ring (bicyclic) bond motifs is 2. The van der Waals surface area contributed by atoms with E-state index in [1.807, 2.05) is 90.1 Å². The van der Waals surface area contributed by atoms with Crippen molar-refractivity contribution in [1.82, 2.24) is 9.97 Å². The number of halogens is 1. The average Bonchev–Trinajstić information content (AvgIpc) is 2.95. The van der Waals surface area contributed by atoms with Crippen LogP contribution in [0.3, 0.4) is 0 Å². The zero-order valence-corrected chi connectivity index (χ0v) is 30.1. The predicted molar refractivity (Wildman–Crippen MR) is 192 cm³/mol. The lowest BCUT2D eigenvalue weighted by Crippen LogP contribution is -2.23. The summed E-state index contributed by atoms with van der Waals surface area (Å²) in [5, 5.41) is 11.6. The molecule has 2 aromatic carbocycles. The summed E-state index contributed by atoms with van der Waals surface area (Å²) < 4.78 is 11.1. The third-order valence-corrected chi connectivity index (χ3v) is 6.44. The fourth-order valence-corrected chi connectivity index (χ4v) is 4.37. The van der Waals surface area contributed by atoms with Gasteiger partial charge in [0.15, 0.2) is 5.78 Å². The van der Waals surface area contributed by atoms with Gasteiger partial charge in [0, 0.05) is 33.2 Å². The summed E-state index contributed by atoms with van der Waals surface area (Å²) in [6.45, 7) is 17.8. The molecule has 0 bridgehead atoms. The van der Waals surface area contributed by atoms with Crippen molar-refractivity contribution in [3.63, 3.8) is 0 Å². The summed E-state index contributed by atoms with van der Waals surface area (Å²) in [5.41, 5.74) is 3.42. The van der Waals surface area contributed by atoms with E-state index in [1.54, 1.807) is 38.4 Å². The van der Waals surface area contributed by atoms with Crippen LogP contribution in [-0.2, 0) is 19.1 Å². The van der Waals surface area contributed by atoms with Gasteiger partial charge in [0.2, 0.25) is 0 Å². The van der Waals surface area contributed by atoms with Crippen LogP contribution in [0.4, 0.5) is 0 Å². The number of esters is 2. The van der Waals surface area contributed by atoms with E-state index in [0.29, 0.717) is 0 Å². The highest BCUT2D eigenvalue weighted by atomic mass is 79.9. The Morgan fingerprint density at radius 1 is 0.851 bits per heavy atom. The predicted octanol–water partition coefficient (Wildman–Crippen LogP) is 9.14. The fourth-order valence-electron chi connectivity index (χ4n) is 4.02. The zero-order valence-electron chi connectivity index (χ0n) is 28.5. The minimum Gasteiger partial charge on any atom is -0.460 e. The number of aliphatic hydroxyl groups excluding tert-OH is 1. The number of Topliss-reactive ketones (excluding diaryl/α,β-unsaturated/α-hetero) is 1. The second kappa shape index (κ2) is 17.6. The van der Waals surface area contributed by atoms with Gasteiger partial charge < -0.3 is 14.6 Å². The van der Waals surface area contributed by atoms with E-state index >= 15 is 0 Å². The second-order valence-electron chi connectivity index (χ2n) is 12.8. The summed E-state index contributed by atoms with van der Waals surface area (Å²) in [6.07, 6.45) is 8.67. The van der Waals surface area contributed by atoms with Crippen LogP contribution in [0.1, 0.15) is 95.8 Å². The Balaban J connectivity index is 0.000000272. The molecule has 4 aromatic rings. The van der Waals surface area contributed by atoms with Crippen LogP contribution in [0.15, 0.2) is 84.1 Å². The molecule has 8 nitrogen and oxygen atoms in total. The first kappa shape index (κ1) is 39.0. The van der Waals surface area contributed by atoms with Crippen LogP contribution >= 0.6 is 15.9 Å². The number of ketones is 1. The molecule has 0 amide bonds. The van der Waals surface area contributed by atoms with Gasteiger partial charge in [-0.25, -0.2) is 0 Å². The Kier molecular flexibility index (Phi) is 14.6. The lowest BCUT2D eigenvalue weighted by molar-refractivity contribution is -0.154. The van der Waals surface area contributed by atoms with Gasteiger partial charge in [-0.15, -0.1) is 6.58 Å². The van der Waals surface area contributed by atoms with Crippen molar-refractivity contribution in [2.24, 2.45) is 0 Å². The van der Waals surface area contributed by atoms with E-state index in [0.717, 1.165) is 43.0 Å². The highest BCUT2D eigenvalue weighted by molar-refractivity contribution is 9.10. The van der Waals surface area contributed by atoms with Gasteiger partial charge in [-0.05, 0) is 125 Å². The van der Waals surface area contributed by atoms with E-state index in [1.165, 1.54) is 6.08 Å². The SMILES string of the molecule is C=CCC(=O)OC(C)(C)C.CC(=O)c1ccc2ncc(Br)cc2c1.C[C@@H](O)c1ccc2ncc(/C=C/CC(=O)OC(C)(C)C)cc2c1. The number of hydrogen-bond acceptors (Lipinski definition) is 8. The summed E-state index contributed by atoms with van der Waals surface area (Å²) in [6, 6.07) is 15.1. The monoisotopic (exact) mass is 704 g/mol. The molecule has 0 unspecified atom stereocenters. The van der Waals surface area contributed by atoms with Crippen molar-refractivity contribution in [2.45, 2.75) is 85.5 Å². The van der Waals surface area contributed by atoms with Crippen molar-refractivity contribution in [2.75, 3.05) is 0 Å². The molecule has 250 valence electrons. The highest BCUT2D eigenvalue weighted by Crippen LogP contribution is 2.21. The number of pyridine rings is 2. The normalized spacial score (nSPS) is 12.0. The first-order chi connectivity index (χ1) is 21.9. The number of aromatic nitrogens is 2. The van der Waals surface area contributed by atoms with Crippen LogP contribution in [0, 0.1) is 0 Å². The number of nitrogens with zero attached hydrogens (tertiary/aromatic N) is 2. The van der Waals surface area contributed by atoms with Crippen molar-refractivity contribution in [3.05, 3.63) is 101 Å². The summed E-state index contributed by atoms with van der Waals surface area (Å²) >= 11 is 3.35. The summed E-state index contributed by atoms with van der Waals surface area (Å²) in [7, 11) is 0. The van der Waals surface area contributed by atoms with E-state index < -0.39 is 11.7 Å². The van der Waals surface area contributed by atoms with Gasteiger partial charge in [0.05, 0.1) is 30.0 Å². The van der Waals surface area contributed by atoms with Gasteiger partial charge >= 0.3 is 11.9 Å². The number of benzene rings is 2. The van der Waals surface area contributed by atoms with Crippen molar-refractivity contribution in [1.29, 1.82) is 0 Å². The molecular formula is C38H45BrN2O6. The summed E-state index contributed by atoms with van der Waals surface area (Å²) in [4.78, 5) is 42.2. The van der Waals surface area contributed by atoms with E-state index in [-0.39, 0.29) is 36.2 Å². The molecule has 0 aliphatic rings. The maximum absolute atomic E-state index is 11.7. The van der Waals surface area contributed by atoms with Crippen LogP contribution in [0.25, 0.3) is 27.9 Å². The number of rotatable bonds is 7. The van der Waals surface area contributed by atoms with Crippen LogP contribution < -0.4 is 0 Å². The Morgan fingerprint density at radius 2 is 1.40 bits per heavy atom. The lowest BCUT2D eigenvalue weighted by atomic mass is 10.1. The largest absolute Gasteiger partial charge is 0.460 e. The van der Waals surface area contributed by atoms with Crippen molar-refractivity contribution >= 4 is 61.5 Å². The first-order valence-corrected chi connectivity index (χ1v) is 16.0. The molecule has 0 fully saturated rings.